The summed E-state index contributed by atoms with van der Waals surface area (Å²) >= 11 is 0. The van der Waals surface area contributed by atoms with E-state index in [0.29, 0.717) is 0 Å². The third-order valence-electron chi connectivity index (χ3n) is 29.5. The summed E-state index contributed by atoms with van der Waals surface area (Å²) in [4.78, 5) is 14.4. The molecule has 0 spiro atoms. The van der Waals surface area contributed by atoms with Gasteiger partial charge in [-0.15, -0.1) is 0 Å². The Morgan fingerprint density at radius 3 is 0.264 bits per heavy atom. The Kier molecular flexibility index (Phi) is 32.8. The average Bonchev–Trinajstić information content (AvgIpc) is 0.726. The third-order valence-corrected chi connectivity index (χ3v) is 29.5. The SMILES string of the molecule is C1CCCCC1.C1CCCCC1.C1CCCCC1.C1CCCCC1.C1CCCCC1.COc1ccc(N2c3ccc(cc3)N(c3ccc(OC)cc3)c3c4ccccc4c(c4ccccc34)N(c3ccc(OC)cc3)c3ccc(cc3)N(c3ccc(OC)cc3)c3c4ccccc4c(c4ccccc34)N(c3ccc(OC)cc3)c3ccc(cc3)N(c3ccc(OC)cc3)c3c4ccccc4c2c2ccccc32)cc1. The summed E-state index contributed by atoms with van der Waals surface area (Å²) in [6.07, 6.45) is 45.0. The van der Waals surface area contributed by atoms with Gasteiger partial charge in [-0.1, -0.05) is 338 Å². The van der Waals surface area contributed by atoms with Gasteiger partial charge >= 0.3 is 0 Å². The molecule has 12 bridgehead atoms. The van der Waals surface area contributed by atoms with Gasteiger partial charge in [0.15, 0.2) is 0 Å². The summed E-state index contributed by atoms with van der Waals surface area (Å²) in [7, 11) is 10.3. The van der Waals surface area contributed by atoms with E-state index in [-0.39, 0.29) is 0 Å². The second kappa shape index (κ2) is 48.3. The zero-order valence-electron chi connectivity index (χ0n) is 85.0. The first kappa shape index (κ1) is 97.9. The summed E-state index contributed by atoms with van der Waals surface area (Å²) in [5, 5.41) is 12.5. The Balaban J connectivity index is 0.000000374. The molecule has 732 valence electrons. The number of methoxy groups -OCH3 is 6. The summed E-state index contributed by atoms with van der Waals surface area (Å²) in [5.74, 6) is 4.52. The van der Waals surface area contributed by atoms with E-state index in [9.17, 15) is 0 Å². The van der Waals surface area contributed by atoms with E-state index in [0.717, 1.165) is 202 Å². The van der Waals surface area contributed by atoms with Gasteiger partial charge in [-0.2, -0.15) is 0 Å². The van der Waals surface area contributed by atoms with Gasteiger partial charge in [-0.05, 0) is 218 Å². The fraction of sp³-hybridized carbons (Fsp3) is 0.273. The Hall–Kier alpha value is -14.9. The number of ether oxygens (including phenoxy) is 6. The Morgan fingerprint density at radius 2 is 0.188 bits per heavy atom. The summed E-state index contributed by atoms with van der Waals surface area (Å²) in [6.45, 7) is 0. The van der Waals surface area contributed by atoms with Crippen molar-refractivity contribution in [3.63, 3.8) is 0 Å². The van der Waals surface area contributed by atoms with Gasteiger partial charge in [0.25, 0.3) is 0 Å². The minimum Gasteiger partial charge on any atom is -0.497 e. The van der Waals surface area contributed by atoms with Crippen molar-refractivity contribution in [3.8, 4) is 34.5 Å². The predicted molar refractivity (Wildman–Crippen MR) is 611 cm³/mol. The average molecular weight is 1900 g/mol. The molecule has 0 N–H and O–H groups in total. The lowest BCUT2D eigenvalue weighted by Crippen LogP contribution is -2.16. The highest BCUT2D eigenvalue weighted by molar-refractivity contribution is 6.27. The first-order valence-electron chi connectivity index (χ1n) is 53.1. The molecule has 0 unspecified atom stereocenters. The molecule has 33 rings (SSSR count). The third kappa shape index (κ3) is 22.0. The molecule has 0 radical (unpaired) electrons. The molecule has 12 nitrogen and oxygen atoms in total. The van der Waals surface area contributed by atoms with Crippen LogP contribution in [-0.2, 0) is 0 Å². The van der Waals surface area contributed by atoms with Crippen molar-refractivity contribution in [2.75, 3.05) is 72.1 Å². The smallest absolute Gasteiger partial charge is 0.119 e. The largest absolute Gasteiger partial charge is 0.497 e. The van der Waals surface area contributed by atoms with Gasteiger partial charge in [0.2, 0.25) is 0 Å². The fourth-order valence-electron chi connectivity index (χ4n) is 22.1. The Labute approximate surface area is 853 Å². The maximum Gasteiger partial charge on any atom is 0.119 e. The summed E-state index contributed by atoms with van der Waals surface area (Å²) < 4.78 is 35.3. The van der Waals surface area contributed by atoms with Crippen LogP contribution in [-0.4, -0.2) is 42.7 Å². The first-order chi connectivity index (χ1) is 71.3. The van der Waals surface area contributed by atoms with Gasteiger partial charge in [-0.3, -0.25) is 0 Å². The normalized spacial score (nSPS) is 14.8. The van der Waals surface area contributed by atoms with Crippen molar-refractivity contribution >= 4 is 167 Å². The molecule has 5 aliphatic carbocycles. The Bertz CT molecular complexity index is 5870. The Morgan fingerprint density at radius 1 is 0.111 bits per heavy atom. The minimum absolute atomic E-state index is 0.754. The van der Waals surface area contributed by atoms with Crippen molar-refractivity contribution in [1.29, 1.82) is 0 Å². The van der Waals surface area contributed by atoms with Crippen molar-refractivity contribution in [2.45, 2.75) is 193 Å². The minimum atomic E-state index is 0.754. The topological polar surface area (TPSA) is 74.8 Å². The van der Waals surface area contributed by atoms with Crippen LogP contribution in [0.3, 0.4) is 0 Å². The van der Waals surface area contributed by atoms with E-state index in [1.807, 2.05) is 72.8 Å². The van der Waals surface area contributed by atoms with Crippen LogP contribution in [0.2, 0.25) is 0 Å². The number of rotatable bonds is 12. The van der Waals surface area contributed by atoms with Crippen molar-refractivity contribution in [2.24, 2.45) is 0 Å². The maximum atomic E-state index is 5.89. The highest BCUT2D eigenvalue weighted by Gasteiger charge is 2.33. The molecule has 0 atom stereocenters. The van der Waals surface area contributed by atoms with Gasteiger partial charge in [0.05, 0.1) is 76.8 Å². The first-order valence-corrected chi connectivity index (χ1v) is 53.1. The standard InChI is InChI=1S/C102H78N6O6.5C6H12/c1-109-79-55-43-73(44-56-79)103-67-31-33-68(34-32-67)104(74-45-57-80(110-2)58-46-74)99-89-23-11-13-25-91(89)100(92-26-14-12-24-90(92)99)107(77-51-63-83(113-5)64-52-77)71-39-41-72(42-40-71)108(78-53-65-84(114-6)66-54-78)102-95-29-17-15-27-93(95)101(94-28-16-18-30-96(94)102)106(76-49-61-82(112-4)62-50-76)70-37-35-69(36-38-70)105(75-47-59-81(111-3)60-48-75)98-87-21-9-7-19-85(87)97(103)86-20-8-10-22-88(86)98;5*1-2-4-6-5-3-1/h7-66H,1-6H3;5*1-6H2. The van der Waals surface area contributed by atoms with E-state index in [4.69, 9.17) is 28.4 Å². The van der Waals surface area contributed by atoms with Crippen molar-refractivity contribution in [3.05, 3.63) is 364 Å². The zero-order chi connectivity index (χ0) is 98.1. The van der Waals surface area contributed by atoms with Gasteiger partial charge < -0.3 is 57.8 Å². The summed E-state index contributed by atoms with van der Waals surface area (Å²) in [6, 6.07) is 131. The molecule has 12 heteroatoms. The van der Waals surface area contributed by atoms with Gasteiger partial charge in [-0.25, -0.2) is 0 Å². The number of hydrogen-bond donors (Lipinski definition) is 0. The van der Waals surface area contributed by atoms with E-state index in [1.54, 1.807) is 42.7 Å². The van der Waals surface area contributed by atoms with E-state index < -0.39 is 0 Å². The lowest BCUT2D eigenvalue weighted by atomic mass is 9.94. The molecular formula is C132H138N6O6. The zero-order valence-corrected chi connectivity index (χ0v) is 85.0. The quantitative estimate of drug-likeness (QED) is 0.109. The van der Waals surface area contributed by atoms with Crippen molar-refractivity contribution < 1.29 is 28.4 Å². The molecule has 18 aromatic rings. The number of anilines is 18. The molecular weight excluding hydrogens is 1770 g/mol. The molecule has 18 aromatic carbocycles. The number of hydrogen-bond acceptors (Lipinski definition) is 12. The molecule has 10 aliphatic heterocycles. The summed E-state index contributed by atoms with van der Waals surface area (Å²) in [5.41, 5.74) is 17.4. The number of benzene rings is 18. The van der Waals surface area contributed by atoms with E-state index in [1.165, 1.54) is 193 Å². The number of nitrogens with zero attached hydrogens (tertiary/aromatic N) is 6. The van der Waals surface area contributed by atoms with Crippen LogP contribution >= 0.6 is 0 Å². The lowest BCUT2D eigenvalue weighted by Gasteiger charge is -2.35. The lowest BCUT2D eigenvalue weighted by molar-refractivity contribution is 0.414. The molecule has 15 aliphatic rings. The van der Waals surface area contributed by atoms with Crippen LogP contribution in [0.25, 0.3) is 64.6 Å². The second-order valence-electron chi connectivity index (χ2n) is 38.7. The molecule has 5 saturated carbocycles. The van der Waals surface area contributed by atoms with Crippen LogP contribution in [0.5, 0.6) is 34.5 Å². The van der Waals surface area contributed by atoms with Crippen LogP contribution in [0.4, 0.5) is 102 Å². The van der Waals surface area contributed by atoms with Crippen LogP contribution in [0.15, 0.2) is 364 Å². The fourth-order valence-corrected chi connectivity index (χ4v) is 22.1. The van der Waals surface area contributed by atoms with Crippen molar-refractivity contribution in [1.82, 2.24) is 0 Å². The molecule has 10 heterocycles. The highest BCUT2D eigenvalue weighted by Crippen LogP contribution is 2.58. The van der Waals surface area contributed by atoms with Gasteiger partial charge in [0.1, 0.15) is 34.5 Å². The molecule has 0 aromatic heterocycles. The van der Waals surface area contributed by atoms with Crippen LogP contribution < -0.4 is 57.8 Å². The maximum absolute atomic E-state index is 5.89. The highest BCUT2D eigenvalue weighted by atomic mass is 16.5. The molecule has 0 saturated heterocycles. The molecule has 5 fully saturated rings. The van der Waals surface area contributed by atoms with E-state index >= 15 is 0 Å². The van der Waals surface area contributed by atoms with Crippen LogP contribution in [0, 0.1) is 0 Å². The second-order valence-corrected chi connectivity index (χ2v) is 38.7. The van der Waals surface area contributed by atoms with E-state index in [2.05, 4.69) is 321 Å². The predicted octanol–water partition coefficient (Wildman–Crippen LogP) is 39.5. The molecule has 0 amide bonds. The molecule has 144 heavy (non-hydrogen) atoms. The van der Waals surface area contributed by atoms with Crippen LogP contribution in [0.1, 0.15) is 193 Å². The van der Waals surface area contributed by atoms with Gasteiger partial charge in [0, 0.05) is 133 Å². The monoisotopic (exact) mass is 1900 g/mol.